The summed E-state index contributed by atoms with van der Waals surface area (Å²) in [5.41, 5.74) is 6.20. The van der Waals surface area contributed by atoms with Gasteiger partial charge in [0.1, 0.15) is 0 Å². The zero-order valence-electron chi connectivity index (χ0n) is 12.0. The Morgan fingerprint density at radius 3 is 2.64 bits per heavy atom. The maximum absolute atomic E-state index is 12.6. The first-order chi connectivity index (χ1) is 10.6. The van der Waals surface area contributed by atoms with Gasteiger partial charge in [0.15, 0.2) is 16.9 Å². The van der Waals surface area contributed by atoms with Crippen LogP contribution in [-0.2, 0) is 6.54 Å². The van der Waals surface area contributed by atoms with Gasteiger partial charge >= 0.3 is 0 Å². The lowest BCUT2D eigenvalue weighted by molar-refractivity contribution is 0.0655. The Hall–Kier alpha value is -2.51. The predicted octanol–water partition coefficient (Wildman–Crippen LogP) is 0.584. The van der Waals surface area contributed by atoms with E-state index in [0.29, 0.717) is 17.9 Å². The van der Waals surface area contributed by atoms with Gasteiger partial charge in [-0.3, -0.25) is 14.6 Å². The molecule has 0 radical (unpaired) electrons. The topological polar surface area (TPSA) is 118 Å². The van der Waals surface area contributed by atoms with E-state index in [1.165, 1.54) is 6.42 Å². The summed E-state index contributed by atoms with van der Waals surface area (Å²) in [4.78, 5) is 41.2. The number of nitrogens with one attached hydrogen (secondary N) is 1. The van der Waals surface area contributed by atoms with Gasteiger partial charge in [-0.1, -0.05) is 19.3 Å². The number of nitrogen functional groups attached to an aromatic ring is 1. The van der Waals surface area contributed by atoms with Gasteiger partial charge in [-0.25, -0.2) is 9.97 Å². The van der Waals surface area contributed by atoms with Gasteiger partial charge in [0, 0.05) is 6.04 Å². The number of hydrogen-bond acceptors (Lipinski definition) is 6. The van der Waals surface area contributed by atoms with Crippen LogP contribution in [0.4, 0.5) is 5.95 Å². The highest BCUT2D eigenvalue weighted by molar-refractivity contribution is 5.97. The number of aromatic nitrogens is 4. The molecule has 4 rings (SSSR count). The summed E-state index contributed by atoms with van der Waals surface area (Å²) >= 11 is 0. The predicted molar refractivity (Wildman–Crippen MR) is 79.1 cm³/mol. The third-order valence-corrected chi connectivity index (χ3v) is 4.43. The lowest BCUT2D eigenvalue weighted by Crippen LogP contribution is -2.37. The second kappa shape index (κ2) is 4.75. The molecule has 1 fully saturated rings. The summed E-state index contributed by atoms with van der Waals surface area (Å²) in [7, 11) is 0. The number of carbonyl (C=O) groups excluding carboxylic acids is 1. The van der Waals surface area contributed by atoms with Gasteiger partial charge in [-0.05, 0) is 12.8 Å². The number of hydrogen-bond donors (Lipinski definition) is 2. The molecule has 22 heavy (non-hydrogen) atoms. The summed E-state index contributed by atoms with van der Waals surface area (Å²) in [6, 6.07) is 0.247. The molecular formula is C14H16N6O2. The van der Waals surface area contributed by atoms with Crippen LogP contribution in [-0.4, -0.2) is 36.8 Å². The van der Waals surface area contributed by atoms with Crippen LogP contribution in [0.3, 0.4) is 0 Å². The van der Waals surface area contributed by atoms with Crippen molar-refractivity contribution in [3.8, 4) is 0 Å². The molecule has 3 heterocycles. The summed E-state index contributed by atoms with van der Waals surface area (Å²) in [6.07, 6.45) is 5.55. The first kappa shape index (κ1) is 13.2. The van der Waals surface area contributed by atoms with Crippen molar-refractivity contribution in [3.63, 3.8) is 0 Å². The van der Waals surface area contributed by atoms with Crippen LogP contribution in [0.25, 0.3) is 11.2 Å². The van der Waals surface area contributed by atoms with Crippen LogP contribution < -0.4 is 11.3 Å². The number of nitrogens with two attached hydrogens (primary N) is 1. The molecule has 1 aliphatic carbocycles. The van der Waals surface area contributed by atoms with Crippen LogP contribution in [0.2, 0.25) is 0 Å². The third-order valence-electron chi connectivity index (χ3n) is 4.43. The Balaban J connectivity index is 1.78. The summed E-state index contributed by atoms with van der Waals surface area (Å²) in [5, 5.41) is 0. The zero-order valence-corrected chi connectivity index (χ0v) is 12.0. The molecule has 2 aromatic heterocycles. The third kappa shape index (κ3) is 1.94. The minimum atomic E-state index is -0.429. The highest BCUT2D eigenvalue weighted by atomic mass is 16.2. The van der Waals surface area contributed by atoms with Crippen molar-refractivity contribution in [2.75, 3.05) is 5.73 Å². The molecule has 0 saturated heterocycles. The van der Waals surface area contributed by atoms with Crippen LogP contribution >= 0.6 is 0 Å². The smallest absolute Gasteiger partial charge is 0.280 e. The molecule has 8 heteroatoms. The summed E-state index contributed by atoms with van der Waals surface area (Å²) < 4.78 is 0. The van der Waals surface area contributed by atoms with E-state index in [0.717, 1.165) is 25.7 Å². The van der Waals surface area contributed by atoms with Crippen LogP contribution in [0.5, 0.6) is 0 Å². The van der Waals surface area contributed by atoms with E-state index < -0.39 is 5.56 Å². The molecule has 0 spiro atoms. The Kier molecular flexibility index (Phi) is 2.85. The molecule has 2 aromatic rings. The van der Waals surface area contributed by atoms with E-state index >= 15 is 0 Å². The fraction of sp³-hybridized carbons (Fsp3) is 0.500. The number of anilines is 1. The van der Waals surface area contributed by atoms with E-state index in [9.17, 15) is 9.59 Å². The van der Waals surface area contributed by atoms with Crippen LogP contribution in [0, 0.1) is 0 Å². The number of rotatable bonds is 1. The molecule has 1 aliphatic heterocycles. The average Bonchev–Trinajstić information content (AvgIpc) is 2.83. The lowest BCUT2D eigenvalue weighted by atomic mass is 9.94. The van der Waals surface area contributed by atoms with Crippen molar-refractivity contribution >= 4 is 23.0 Å². The van der Waals surface area contributed by atoms with Crippen molar-refractivity contribution in [2.45, 2.75) is 44.7 Å². The Morgan fingerprint density at radius 1 is 1.09 bits per heavy atom. The molecular weight excluding hydrogens is 284 g/mol. The summed E-state index contributed by atoms with van der Waals surface area (Å²) in [6.45, 7) is 0.422. The highest BCUT2D eigenvalue weighted by Gasteiger charge is 2.36. The molecule has 0 atom stereocenters. The molecule has 1 amide bonds. The van der Waals surface area contributed by atoms with Crippen molar-refractivity contribution in [1.29, 1.82) is 0 Å². The van der Waals surface area contributed by atoms with Gasteiger partial charge < -0.3 is 10.6 Å². The van der Waals surface area contributed by atoms with Gasteiger partial charge in [-0.15, -0.1) is 0 Å². The standard InChI is InChI=1S/C14H16N6O2/c15-14-18-11-10(12(21)19-14)16-8-6-20(13(22)9(8)17-11)7-4-2-1-3-5-7/h7H,1-6H2,(H3,15,17,18,19,21). The number of fused-ring (bicyclic) bond motifs is 2. The van der Waals surface area contributed by atoms with Gasteiger partial charge in [-0.2, -0.15) is 4.98 Å². The molecule has 3 N–H and O–H groups in total. The van der Waals surface area contributed by atoms with Gasteiger partial charge in [0.25, 0.3) is 11.5 Å². The van der Waals surface area contributed by atoms with Crippen LogP contribution in [0.15, 0.2) is 4.79 Å². The van der Waals surface area contributed by atoms with E-state index in [1.54, 1.807) is 0 Å². The molecule has 1 saturated carbocycles. The zero-order chi connectivity index (χ0) is 15.3. The molecule has 8 nitrogen and oxygen atoms in total. The largest absolute Gasteiger partial charge is 0.369 e. The SMILES string of the molecule is Nc1nc2nc3c(nc2c(=O)[nH]1)CN(C1CCCCC1)C3=O. The van der Waals surface area contributed by atoms with Crippen molar-refractivity contribution < 1.29 is 4.79 Å². The van der Waals surface area contributed by atoms with Gasteiger partial charge in [0.2, 0.25) is 5.95 Å². The minimum Gasteiger partial charge on any atom is -0.369 e. The second-order valence-electron chi connectivity index (χ2n) is 5.87. The maximum Gasteiger partial charge on any atom is 0.280 e. The Labute approximate surface area is 125 Å². The fourth-order valence-corrected chi connectivity index (χ4v) is 3.35. The van der Waals surface area contributed by atoms with E-state index in [2.05, 4.69) is 19.9 Å². The van der Waals surface area contributed by atoms with Crippen molar-refractivity contribution in [3.05, 3.63) is 21.7 Å². The molecule has 0 bridgehead atoms. The van der Waals surface area contributed by atoms with Crippen molar-refractivity contribution in [2.24, 2.45) is 0 Å². The van der Waals surface area contributed by atoms with E-state index in [-0.39, 0.29) is 29.1 Å². The monoisotopic (exact) mass is 300 g/mol. The number of H-pyrrole nitrogens is 1. The maximum atomic E-state index is 12.6. The van der Waals surface area contributed by atoms with E-state index in [1.807, 2.05) is 4.90 Å². The van der Waals surface area contributed by atoms with Gasteiger partial charge in [0.05, 0.1) is 12.2 Å². The first-order valence-corrected chi connectivity index (χ1v) is 7.51. The molecule has 114 valence electrons. The number of amides is 1. The molecule has 0 unspecified atom stereocenters. The molecule has 0 aromatic carbocycles. The second-order valence-corrected chi connectivity index (χ2v) is 5.87. The lowest BCUT2D eigenvalue weighted by Gasteiger charge is -2.30. The fourth-order valence-electron chi connectivity index (χ4n) is 3.35. The number of aromatic amines is 1. The molecule has 2 aliphatic rings. The highest BCUT2D eigenvalue weighted by Crippen LogP contribution is 2.29. The van der Waals surface area contributed by atoms with Crippen molar-refractivity contribution in [1.82, 2.24) is 24.8 Å². The quantitative estimate of drug-likeness (QED) is 0.795. The first-order valence-electron chi connectivity index (χ1n) is 7.51. The Morgan fingerprint density at radius 2 is 1.86 bits per heavy atom. The van der Waals surface area contributed by atoms with Crippen LogP contribution in [0.1, 0.15) is 48.3 Å². The minimum absolute atomic E-state index is 0.0265. The average molecular weight is 300 g/mol. The van der Waals surface area contributed by atoms with E-state index in [4.69, 9.17) is 5.73 Å². The summed E-state index contributed by atoms with van der Waals surface area (Å²) in [5.74, 6) is -0.140. The normalized spacial score (nSPS) is 18.9. The number of nitrogens with zero attached hydrogens (tertiary/aromatic N) is 4. The Bertz CT molecular complexity index is 824. The number of carbonyl (C=O) groups is 1.